The van der Waals surface area contributed by atoms with E-state index in [2.05, 4.69) is 27.1 Å². The largest absolute Gasteiger partial charge is 0.493 e. The first-order valence-electron chi connectivity index (χ1n) is 12.9. The molecule has 10 nitrogen and oxygen atoms in total. The Hall–Kier alpha value is -3.24. The van der Waals surface area contributed by atoms with Crippen molar-refractivity contribution in [3.05, 3.63) is 40.1 Å². The van der Waals surface area contributed by atoms with Crippen LogP contribution in [0.5, 0.6) is 5.75 Å². The van der Waals surface area contributed by atoms with Gasteiger partial charge in [0.25, 0.3) is 5.56 Å². The van der Waals surface area contributed by atoms with Gasteiger partial charge in [0.05, 0.1) is 24.4 Å². The SMILES string of the molecule is CCOc1ccc(NC(=O)CN2CCN(C)CC2)cc1-c1nn2c(C3CCCC3)nc(C)c2c(=O)[nH]1. The molecule has 0 radical (unpaired) electrons. The maximum Gasteiger partial charge on any atom is 0.277 e. The van der Waals surface area contributed by atoms with E-state index in [1.165, 1.54) is 12.8 Å². The van der Waals surface area contributed by atoms with Crippen LogP contribution < -0.4 is 15.6 Å². The van der Waals surface area contributed by atoms with Gasteiger partial charge >= 0.3 is 0 Å². The minimum absolute atomic E-state index is 0.0691. The second-order valence-electron chi connectivity index (χ2n) is 9.87. The number of H-pyrrole nitrogens is 1. The Kier molecular flexibility index (Phi) is 7.06. The van der Waals surface area contributed by atoms with Crippen LogP contribution >= 0.6 is 0 Å². The van der Waals surface area contributed by atoms with Gasteiger partial charge in [-0.3, -0.25) is 14.5 Å². The average molecular weight is 494 g/mol. The van der Waals surface area contributed by atoms with Crippen LogP contribution in [-0.4, -0.2) is 81.7 Å². The fourth-order valence-corrected chi connectivity index (χ4v) is 5.25. The quantitative estimate of drug-likeness (QED) is 0.521. The molecule has 1 amide bonds. The number of amides is 1. The highest BCUT2D eigenvalue weighted by atomic mass is 16.5. The predicted octanol–water partition coefficient (Wildman–Crippen LogP) is 2.64. The zero-order valence-corrected chi connectivity index (χ0v) is 21.3. The summed E-state index contributed by atoms with van der Waals surface area (Å²) in [5.41, 5.74) is 2.19. The van der Waals surface area contributed by atoms with Crippen molar-refractivity contribution < 1.29 is 9.53 Å². The number of piperazine rings is 1. The topological polar surface area (TPSA) is 108 Å². The van der Waals surface area contributed by atoms with E-state index in [0.29, 0.717) is 53.1 Å². The van der Waals surface area contributed by atoms with Crippen molar-refractivity contribution in [1.82, 2.24) is 29.4 Å². The molecule has 0 bridgehead atoms. The number of carbonyl (C=O) groups is 1. The lowest BCUT2D eigenvalue weighted by atomic mass is 10.1. The summed E-state index contributed by atoms with van der Waals surface area (Å²) in [4.78, 5) is 38.0. The van der Waals surface area contributed by atoms with Gasteiger partial charge < -0.3 is 19.9 Å². The van der Waals surface area contributed by atoms with Gasteiger partial charge in [-0.2, -0.15) is 0 Å². The number of aryl methyl sites for hydroxylation is 1. The zero-order valence-electron chi connectivity index (χ0n) is 21.3. The zero-order chi connectivity index (χ0) is 25.2. The molecule has 0 atom stereocenters. The highest BCUT2D eigenvalue weighted by Crippen LogP contribution is 2.35. The van der Waals surface area contributed by atoms with Crippen LogP contribution in [0.25, 0.3) is 16.9 Å². The maximum atomic E-state index is 13.1. The molecule has 3 heterocycles. The van der Waals surface area contributed by atoms with Gasteiger partial charge in [0.1, 0.15) is 11.6 Å². The van der Waals surface area contributed by atoms with Crippen molar-refractivity contribution in [2.45, 2.75) is 45.4 Å². The van der Waals surface area contributed by atoms with Crippen LogP contribution in [0.1, 0.15) is 50.0 Å². The summed E-state index contributed by atoms with van der Waals surface area (Å²) in [6.45, 7) is 8.23. The van der Waals surface area contributed by atoms with E-state index < -0.39 is 0 Å². The first-order valence-corrected chi connectivity index (χ1v) is 12.9. The minimum atomic E-state index is -0.235. The molecule has 10 heteroatoms. The third kappa shape index (κ3) is 5.01. The second-order valence-corrected chi connectivity index (χ2v) is 9.87. The van der Waals surface area contributed by atoms with Gasteiger partial charge in [0, 0.05) is 37.8 Å². The fraction of sp³-hybridized carbons (Fsp3) is 0.538. The van der Waals surface area contributed by atoms with E-state index >= 15 is 0 Å². The van der Waals surface area contributed by atoms with Crippen molar-refractivity contribution in [1.29, 1.82) is 0 Å². The molecule has 3 aromatic rings. The number of benzene rings is 1. The number of hydrogen-bond donors (Lipinski definition) is 2. The Bertz CT molecular complexity index is 1300. The number of fused-ring (bicyclic) bond motifs is 1. The Morgan fingerprint density at radius 1 is 1.19 bits per heavy atom. The number of aromatic amines is 1. The van der Waals surface area contributed by atoms with E-state index in [4.69, 9.17) is 14.8 Å². The highest BCUT2D eigenvalue weighted by molar-refractivity contribution is 5.93. The van der Waals surface area contributed by atoms with Gasteiger partial charge in [-0.05, 0) is 51.9 Å². The van der Waals surface area contributed by atoms with E-state index in [1.54, 1.807) is 4.52 Å². The molecular formula is C26H35N7O3. The van der Waals surface area contributed by atoms with Crippen LogP contribution in [0.2, 0.25) is 0 Å². The molecule has 2 aromatic heterocycles. The molecule has 2 N–H and O–H groups in total. The monoisotopic (exact) mass is 493 g/mol. The number of anilines is 1. The lowest BCUT2D eigenvalue weighted by Crippen LogP contribution is -2.47. The second kappa shape index (κ2) is 10.4. The van der Waals surface area contributed by atoms with Gasteiger partial charge in [0.2, 0.25) is 5.91 Å². The van der Waals surface area contributed by atoms with E-state index in [1.807, 2.05) is 32.0 Å². The minimum Gasteiger partial charge on any atom is -0.493 e. The predicted molar refractivity (Wildman–Crippen MR) is 139 cm³/mol. The smallest absolute Gasteiger partial charge is 0.277 e. The normalized spacial score (nSPS) is 17.6. The number of nitrogens with zero attached hydrogens (tertiary/aromatic N) is 5. The van der Waals surface area contributed by atoms with Crippen molar-refractivity contribution in [3.8, 4) is 17.1 Å². The molecule has 2 aliphatic rings. The lowest BCUT2D eigenvalue weighted by molar-refractivity contribution is -0.117. The lowest BCUT2D eigenvalue weighted by Gasteiger charge is -2.31. The van der Waals surface area contributed by atoms with Crippen LogP contribution in [0.4, 0.5) is 5.69 Å². The number of nitrogens with one attached hydrogen (secondary N) is 2. The van der Waals surface area contributed by atoms with Gasteiger partial charge in [0.15, 0.2) is 11.3 Å². The summed E-state index contributed by atoms with van der Waals surface area (Å²) in [6.07, 6.45) is 4.45. The highest BCUT2D eigenvalue weighted by Gasteiger charge is 2.25. The number of carbonyl (C=O) groups excluding carboxylic acids is 1. The molecule has 1 saturated carbocycles. The van der Waals surface area contributed by atoms with E-state index in [9.17, 15) is 9.59 Å². The Balaban J connectivity index is 1.47. The van der Waals surface area contributed by atoms with Crippen LogP contribution in [-0.2, 0) is 4.79 Å². The average Bonchev–Trinajstić information content (AvgIpc) is 3.50. The van der Waals surface area contributed by atoms with Crippen molar-refractivity contribution in [3.63, 3.8) is 0 Å². The van der Waals surface area contributed by atoms with Crippen LogP contribution in [0.15, 0.2) is 23.0 Å². The molecule has 5 rings (SSSR count). The number of ether oxygens (including phenoxy) is 1. The summed E-state index contributed by atoms with van der Waals surface area (Å²) >= 11 is 0. The molecule has 1 aromatic carbocycles. The number of rotatable bonds is 7. The Morgan fingerprint density at radius 2 is 1.94 bits per heavy atom. The molecule has 0 unspecified atom stereocenters. The van der Waals surface area contributed by atoms with Crippen LogP contribution in [0, 0.1) is 6.92 Å². The molecule has 1 saturated heterocycles. The number of aromatic nitrogens is 4. The van der Waals surface area contributed by atoms with Gasteiger partial charge in [-0.25, -0.2) is 9.50 Å². The summed E-state index contributed by atoms with van der Waals surface area (Å²) in [6, 6.07) is 5.44. The van der Waals surface area contributed by atoms with Crippen molar-refractivity contribution in [2.24, 2.45) is 0 Å². The molecular weight excluding hydrogens is 458 g/mol. The standard InChI is InChI=1S/C26H35N7O3/c1-4-36-21-10-9-19(28-22(34)16-32-13-11-31(3)12-14-32)15-20(21)24-29-26(35)23-17(2)27-25(33(23)30-24)18-7-5-6-8-18/h9-10,15,18H,4-8,11-14,16H2,1-3H3,(H,28,34)(H,29,30,35). The molecule has 0 spiro atoms. The fourth-order valence-electron chi connectivity index (χ4n) is 5.25. The maximum absolute atomic E-state index is 13.1. The van der Waals surface area contributed by atoms with E-state index in [0.717, 1.165) is 44.8 Å². The number of likely N-dealkylation sites (N-methyl/N-ethyl adjacent to an activating group) is 1. The van der Waals surface area contributed by atoms with Crippen molar-refractivity contribution in [2.75, 3.05) is 51.7 Å². The Morgan fingerprint density at radius 3 is 2.67 bits per heavy atom. The molecule has 1 aliphatic carbocycles. The van der Waals surface area contributed by atoms with Crippen molar-refractivity contribution >= 4 is 17.1 Å². The molecule has 36 heavy (non-hydrogen) atoms. The molecule has 1 aliphatic heterocycles. The summed E-state index contributed by atoms with van der Waals surface area (Å²) in [5, 5.41) is 7.83. The number of hydrogen-bond acceptors (Lipinski definition) is 7. The third-order valence-corrected chi connectivity index (χ3v) is 7.20. The summed E-state index contributed by atoms with van der Waals surface area (Å²) in [5.74, 6) is 2.07. The summed E-state index contributed by atoms with van der Waals surface area (Å²) in [7, 11) is 2.09. The van der Waals surface area contributed by atoms with Crippen LogP contribution in [0.3, 0.4) is 0 Å². The Labute approximate surface area is 210 Å². The molecule has 2 fully saturated rings. The molecule has 192 valence electrons. The first-order chi connectivity index (χ1) is 17.4. The number of imidazole rings is 1. The van der Waals surface area contributed by atoms with Gasteiger partial charge in [-0.1, -0.05) is 12.8 Å². The first kappa shape index (κ1) is 24.5. The summed E-state index contributed by atoms with van der Waals surface area (Å²) < 4.78 is 7.57. The van der Waals surface area contributed by atoms with Gasteiger partial charge in [-0.15, -0.1) is 5.10 Å². The third-order valence-electron chi connectivity index (χ3n) is 7.20. The van der Waals surface area contributed by atoms with E-state index in [-0.39, 0.29) is 11.5 Å².